The third-order valence-corrected chi connectivity index (χ3v) is 5.04. The minimum atomic E-state index is 0.324. The Morgan fingerprint density at radius 2 is 2.20 bits per heavy atom. The first kappa shape index (κ1) is 11.9. The van der Waals surface area contributed by atoms with E-state index in [1.165, 1.54) is 17.8 Å². The summed E-state index contributed by atoms with van der Waals surface area (Å²) in [5, 5.41) is 24.0. The molecule has 3 heterocycles. The SMILES string of the molecule is N#Cc1cnn(C2CCN(c3nnc(C4CC4)s3)C2)c1. The van der Waals surface area contributed by atoms with Gasteiger partial charge in [-0.3, -0.25) is 4.68 Å². The fraction of sp³-hybridized carbons (Fsp3) is 0.538. The lowest BCUT2D eigenvalue weighted by Crippen LogP contribution is -2.20. The van der Waals surface area contributed by atoms with Gasteiger partial charge in [0.2, 0.25) is 5.13 Å². The summed E-state index contributed by atoms with van der Waals surface area (Å²) in [6, 6.07) is 2.44. The van der Waals surface area contributed by atoms with E-state index < -0.39 is 0 Å². The Bertz CT molecular complexity index is 664. The molecule has 0 spiro atoms. The van der Waals surface area contributed by atoms with Crippen LogP contribution >= 0.6 is 11.3 Å². The van der Waals surface area contributed by atoms with Gasteiger partial charge < -0.3 is 4.90 Å². The molecule has 1 saturated carbocycles. The topological polar surface area (TPSA) is 70.6 Å². The number of rotatable bonds is 3. The van der Waals surface area contributed by atoms with Crippen LogP contribution in [0.15, 0.2) is 12.4 Å². The molecule has 0 bridgehead atoms. The van der Waals surface area contributed by atoms with Gasteiger partial charge in [0.25, 0.3) is 0 Å². The molecule has 7 heteroatoms. The smallest absolute Gasteiger partial charge is 0.208 e. The van der Waals surface area contributed by atoms with Gasteiger partial charge in [0, 0.05) is 25.2 Å². The van der Waals surface area contributed by atoms with Crippen molar-refractivity contribution in [3.63, 3.8) is 0 Å². The maximum absolute atomic E-state index is 8.85. The third-order valence-electron chi connectivity index (χ3n) is 3.90. The van der Waals surface area contributed by atoms with E-state index >= 15 is 0 Å². The van der Waals surface area contributed by atoms with Crippen LogP contribution in [0.1, 0.15) is 41.8 Å². The molecular formula is C13H14N6S. The Hall–Kier alpha value is -1.94. The van der Waals surface area contributed by atoms with E-state index in [1.54, 1.807) is 17.5 Å². The molecule has 1 saturated heterocycles. The molecule has 102 valence electrons. The largest absolute Gasteiger partial charge is 0.344 e. The summed E-state index contributed by atoms with van der Waals surface area (Å²) in [4.78, 5) is 2.28. The summed E-state index contributed by atoms with van der Waals surface area (Å²) < 4.78 is 1.90. The zero-order valence-corrected chi connectivity index (χ0v) is 11.8. The molecule has 6 nitrogen and oxygen atoms in total. The van der Waals surface area contributed by atoms with Gasteiger partial charge in [-0.25, -0.2) is 0 Å². The highest BCUT2D eigenvalue weighted by atomic mass is 32.1. The molecule has 1 aliphatic carbocycles. The van der Waals surface area contributed by atoms with Gasteiger partial charge >= 0.3 is 0 Å². The summed E-state index contributed by atoms with van der Waals surface area (Å²) in [5.74, 6) is 0.670. The van der Waals surface area contributed by atoms with Crippen molar-refractivity contribution >= 4 is 16.5 Å². The van der Waals surface area contributed by atoms with E-state index in [-0.39, 0.29) is 0 Å². The van der Waals surface area contributed by atoms with Crippen LogP contribution in [0.2, 0.25) is 0 Å². The minimum Gasteiger partial charge on any atom is -0.344 e. The van der Waals surface area contributed by atoms with Crippen molar-refractivity contribution < 1.29 is 0 Å². The van der Waals surface area contributed by atoms with Gasteiger partial charge in [-0.05, 0) is 19.3 Å². The molecule has 2 fully saturated rings. The fourth-order valence-electron chi connectivity index (χ4n) is 2.58. The second-order valence-corrected chi connectivity index (χ2v) is 6.39. The average Bonchev–Trinajstić information content (AvgIpc) is 2.93. The number of anilines is 1. The molecule has 20 heavy (non-hydrogen) atoms. The lowest BCUT2D eigenvalue weighted by Gasteiger charge is -2.14. The van der Waals surface area contributed by atoms with Gasteiger partial charge in [-0.1, -0.05) is 11.3 Å². The lowest BCUT2D eigenvalue weighted by atomic mass is 10.3. The first-order valence-corrected chi connectivity index (χ1v) is 7.68. The number of nitriles is 1. The molecule has 0 aromatic carbocycles. The maximum Gasteiger partial charge on any atom is 0.208 e. The van der Waals surface area contributed by atoms with Crippen molar-refractivity contribution in [3.8, 4) is 6.07 Å². The molecule has 0 radical (unpaired) electrons. The Kier molecular flexibility index (Phi) is 2.70. The number of nitrogens with zero attached hydrogens (tertiary/aromatic N) is 6. The van der Waals surface area contributed by atoms with Gasteiger partial charge in [0.05, 0.1) is 17.8 Å². The fourth-order valence-corrected chi connectivity index (χ4v) is 3.62. The molecule has 0 amide bonds. The Morgan fingerprint density at radius 1 is 1.30 bits per heavy atom. The van der Waals surface area contributed by atoms with Crippen molar-refractivity contribution in [3.05, 3.63) is 23.0 Å². The van der Waals surface area contributed by atoms with Crippen LogP contribution in [-0.4, -0.2) is 33.1 Å². The highest BCUT2D eigenvalue weighted by Gasteiger charge is 2.31. The quantitative estimate of drug-likeness (QED) is 0.862. The van der Waals surface area contributed by atoms with Crippen LogP contribution in [0.5, 0.6) is 0 Å². The molecule has 2 aromatic heterocycles. The predicted molar refractivity (Wildman–Crippen MR) is 74.7 cm³/mol. The zero-order chi connectivity index (χ0) is 13.5. The molecule has 0 N–H and O–H groups in total. The van der Waals surface area contributed by atoms with E-state index in [0.717, 1.165) is 24.6 Å². The second-order valence-electron chi connectivity index (χ2n) is 5.41. The van der Waals surface area contributed by atoms with Crippen LogP contribution in [-0.2, 0) is 0 Å². The normalized spacial score (nSPS) is 22.1. The van der Waals surface area contributed by atoms with Crippen molar-refractivity contribution in [1.82, 2.24) is 20.0 Å². The summed E-state index contributed by atoms with van der Waals surface area (Å²) in [6.45, 7) is 1.87. The van der Waals surface area contributed by atoms with Crippen LogP contribution in [0.25, 0.3) is 0 Å². The highest BCUT2D eigenvalue weighted by molar-refractivity contribution is 7.15. The number of aromatic nitrogens is 4. The van der Waals surface area contributed by atoms with E-state index in [9.17, 15) is 0 Å². The van der Waals surface area contributed by atoms with Gasteiger partial charge in [0.1, 0.15) is 11.1 Å². The summed E-state index contributed by atoms with van der Waals surface area (Å²) in [6.07, 6.45) is 7.01. The summed E-state index contributed by atoms with van der Waals surface area (Å²) >= 11 is 1.73. The Balaban J connectivity index is 1.47. The number of hydrogen-bond donors (Lipinski definition) is 0. The molecule has 1 atom stereocenters. The van der Waals surface area contributed by atoms with Crippen LogP contribution in [0.3, 0.4) is 0 Å². The van der Waals surface area contributed by atoms with Gasteiger partial charge in [0.15, 0.2) is 0 Å². The lowest BCUT2D eigenvalue weighted by molar-refractivity contribution is 0.494. The van der Waals surface area contributed by atoms with Crippen molar-refractivity contribution in [2.75, 3.05) is 18.0 Å². The molecule has 2 aromatic rings. The minimum absolute atomic E-state index is 0.324. The first-order chi connectivity index (χ1) is 9.83. The summed E-state index contributed by atoms with van der Waals surface area (Å²) in [7, 11) is 0. The molecule has 4 rings (SSSR count). The average molecular weight is 286 g/mol. The van der Waals surface area contributed by atoms with Crippen molar-refractivity contribution in [2.24, 2.45) is 0 Å². The number of hydrogen-bond acceptors (Lipinski definition) is 6. The predicted octanol–water partition coefficient (Wildman–Crippen LogP) is 1.94. The van der Waals surface area contributed by atoms with E-state index in [4.69, 9.17) is 5.26 Å². The second kappa shape index (κ2) is 4.56. The summed E-state index contributed by atoms with van der Waals surface area (Å²) in [5.41, 5.74) is 0.621. The van der Waals surface area contributed by atoms with Gasteiger partial charge in [-0.15, -0.1) is 10.2 Å². The molecular weight excluding hydrogens is 272 g/mol. The third kappa shape index (κ3) is 2.06. The van der Waals surface area contributed by atoms with Crippen LogP contribution in [0, 0.1) is 11.3 Å². The molecule has 1 aliphatic heterocycles. The van der Waals surface area contributed by atoms with Gasteiger partial charge in [-0.2, -0.15) is 10.4 Å². The van der Waals surface area contributed by atoms with Crippen LogP contribution in [0.4, 0.5) is 5.13 Å². The zero-order valence-electron chi connectivity index (χ0n) is 10.9. The monoisotopic (exact) mass is 286 g/mol. The standard InChI is InChI=1S/C13H14N6S/c14-5-9-6-15-19(7-9)11-3-4-18(8-11)13-17-16-12(20-13)10-1-2-10/h6-7,10-11H,1-4,8H2. The molecule has 1 unspecified atom stereocenters. The first-order valence-electron chi connectivity index (χ1n) is 6.86. The van der Waals surface area contributed by atoms with E-state index in [1.807, 2.05) is 10.9 Å². The van der Waals surface area contributed by atoms with Crippen molar-refractivity contribution in [2.45, 2.75) is 31.2 Å². The van der Waals surface area contributed by atoms with E-state index in [0.29, 0.717) is 17.5 Å². The molecule has 2 aliphatic rings. The van der Waals surface area contributed by atoms with E-state index in [2.05, 4.69) is 26.3 Å². The highest BCUT2D eigenvalue weighted by Crippen LogP contribution is 2.43. The van der Waals surface area contributed by atoms with Crippen molar-refractivity contribution in [1.29, 1.82) is 5.26 Å². The Morgan fingerprint density at radius 3 is 2.95 bits per heavy atom. The van der Waals surface area contributed by atoms with Crippen LogP contribution < -0.4 is 4.90 Å². The Labute approximate surface area is 120 Å². The maximum atomic E-state index is 8.85.